The highest BCUT2D eigenvalue weighted by atomic mass is 32.1. The molecule has 0 unspecified atom stereocenters. The summed E-state index contributed by atoms with van der Waals surface area (Å²) in [6.45, 7) is 6.69. The molecule has 16 heavy (non-hydrogen) atoms. The molecule has 1 heterocycles. The van der Waals surface area contributed by atoms with Crippen molar-refractivity contribution < 1.29 is 0 Å². The minimum absolute atomic E-state index is 0.135. The van der Waals surface area contributed by atoms with Crippen LogP contribution in [-0.4, -0.2) is 4.98 Å². The molecular weight excluding hydrogens is 216 g/mol. The van der Waals surface area contributed by atoms with Gasteiger partial charge < -0.3 is 5.73 Å². The fourth-order valence-corrected chi connectivity index (χ4v) is 3.43. The standard InChI is InChI=1S/C13H22N2S/c1-9(2)11-8-16-12(15-11)13(14)6-4-10(3)5-7-13/h8-10H,4-7,14H2,1-3H3. The summed E-state index contributed by atoms with van der Waals surface area (Å²) in [6, 6.07) is 0. The molecule has 0 amide bonds. The van der Waals surface area contributed by atoms with Gasteiger partial charge in [0.15, 0.2) is 0 Å². The first-order valence-corrected chi connectivity index (χ1v) is 7.14. The van der Waals surface area contributed by atoms with Crippen molar-refractivity contribution in [2.45, 2.75) is 57.9 Å². The summed E-state index contributed by atoms with van der Waals surface area (Å²) in [4.78, 5) is 4.72. The largest absolute Gasteiger partial charge is 0.319 e. The van der Waals surface area contributed by atoms with E-state index in [-0.39, 0.29) is 5.54 Å². The third kappa shape index (κ3) is 2.30. The molecule has 0 aliphatic heterocycles. The molecular formula is C13H22N2S. The van der Waals surface area contributed by atoms with Gasteiger partial charge in [-0.1, -0.05) is 20.8 Å². The Morgan fingerprint density at radius 1 is 1.44 bits per heavy atom. The molecule has 0 saturated heterocycles. The molecule has 2 rings (SSSR count). The lowest BCUT2D eigenvalue weighted by Crippen LogP contribution is -2.40. The maximum atomic E-state index is 6.50. The predicted octanol–water partition coefficient (Wildman–Crippen LogP) is 3.63. The van der Waals surface area contributed by atoms with E-state index in [4.69, 9.17) is 10.7 Å². The fourth-order valence-electron chi connectivity index (χ4n) is 2.27. The van der Waals surface area contributed by atoms with Crippen molar-refractivity contribution in [2.75, 3.05) is 0 Å². The number of nitrogens with two attached hydrogens (primary N) is 1. The molecule has 1 aliphatic carbocycles. The minimum Gasteiger partial charge on any atom is -0.319 e. The highest BCUT2D eigenvalue weighted by Crippen LogP contribution is 2.39. The normalized spacial score (nSPS) is 30.9. The van der Waals surface area contributed by atoms with Gasteiger partial charge in [0.25, 0.3) is 0 Å². The number of aromatic nitrogens is 1. The van der Waals surface area contributed by atoms with Crippen molar-refractivity contribution in [3.05, 3.63) is 16.1 Å². The number of nitrogens with zero attached hydrogens (tertiary/aromatic N) is 1. The Balaban J connectivity index is 2.16. The first-order valence-electron chi connectivity index (χ1n) is 6.26. The van der Waals surface area contributed by atoms with Gasteiger partial charge >= 0.3 is 0 Å². The third-order valence-electron chi connectivity index (χ3n) is 3.71. The van der Waals surface area contributed by atoms with E-state index < -0.39 is 0 Å². The Hall–Kier alpha value is -0.410. The first kappa shape index (κ1) is 12.1. The van der Waals surface area contributed by atoms with Crippen molar-refractivity contribution in [3.63, 3.8) is 0 Å². The van der Waals surface area contributed by atoms with Crippen LogP contribution in [0.25, 0.3) is 0 Å². The maximum absolute atomic E-state index is 6.50. The lowest BCUT2D eigenvalue weighted by atomic mass is 9.78. The predicted molar refractivity (Wildman–Crippen MR) is 69.7 cm³/mol. The van der Waals surface area contributed by atoms with E-state index in [1.807, 2.05) is 0 Å². The topological polar surface area (TPSA) is 38.9 Å². The first-order chi connectivity index (χ1) is 7.51. The van der Waals surface area contributed by atoms with Crippen LogP contribution in [0.4, 0.5) is 0 Å². The van der Waals surface area contributed by atoms with E-state index in [2.05, 4.69) is 26.2 Å². The summed E-state index contributed by atoms with van der Waals surface area (Å²) in [6.07, 6.45) is 4.68. The summed E-state index contributed by atoms with van der Waals surface area (Å²) >= 11 is 1.75. The van der Waals surface area contributed by atoms with Crippen LogP contribution in [0.2, 0.25) is 0 Å². The molecule has 90 valence electrons. The van der Waals surface area contributed by atoms with Crippen LogP contribution in [-0.2, 0) is 5.54 Å². The van der Waals surface area contributed by atoms with Crippen molar-refractivity contribution in [1.29, 1.82) is 0 Å². The van der Waals surface area contributed by atoms with E-state index in [9.17, 15) is 0 Å². The summed E-state index contributed by atoms with van der Waals surface area (Å²) < 4.78 is 0. The SMILES string of the molecule is CC1CCC(N)(c2nc(C(C)C)cs2)CC1. The molecule has 2 nitrogen and oxygen atoms in total. The van der Waals surface area contributed by atoms with Crippen molar-refractivity contribution >= 4 is 11.3 Å². The van der Waals surface area contributed by atoms with Crippen molar-refractivity contribution in [2.24, 2.45) is 11.7 Å². The molecule has 1 aromatic heterocycles. The molecule has 2 N–H and O–H groups in total. The Kier molecular flexibility index (Phi) is 3.36. The van der Waals surface area contributed by atoms with E-state index >= 15 is 0 Å². The second-order valence-corrected chi connectivity index (χ2v) is 6.43. The quantitative estimate of drug-likeness (QED) is 0.854. The van der Waals surface area contributed by atoms with Gasteiger partial charge in [-0.15, -0.1) is 11.3 Å². The van der Waals surface area contributed by atoms with Crippen LogP contribution >= 0.6 is 11.3 Å². The second-order valence-electron chi connectivity index (χ2n) is 5.57. The summed E-state index contributed by atoms with van der Waals surface area (Å²) in [5, 5.41) is 3.33. The van der Waals surface area contributed by atoms with Gasteiger partial charge in [-0.3, -0.25) is 0 Å². The Labute approximate surface area is 102 Å². The van der Waals surface area contributed by atoms with Crippen molar-refractivity contribution in [1.82, 2.24) is 4.98 Å². The molecule has 1 fully saturated rings. The number of thiazole rings is 1. The lowest BCUT2D eigenvalue weighted by molar-refractivity contribution is 0.247. The zero-order chi connectivity index (χ0) is 11.8. The van der Waals surface area contributed by atoms with Gasteiger partial charge in [0.1, 0.15) is 5.01 Å². The lowest BCUT2D eigenvalue weighted by Gasteiger charge is -2.34. The highest BCUT2D eigenvalue weighted by molar-refractivity contribution is 7.09. The molecule has 0 radical (unpaired) electrons. The summed E-state index contributed by atoms with van der Waals surface area (Å²) in [7, 11) is 0. The zero-order valence-corrected chi connectivity index (χ0v) is 11.3. The van der Waals surface area contributed by atoms with Crippen LogP contribution in [0.5, 0.6) is 0 Å². The van der Waals surface area contributed by atoms with Crippen LogP contribution in [0.3, 0.4) is 0 Å². The van der Waals surface area contributed by atoms with Crippen LogP contribution < -0.4 is 5.73 Å². The van der Waals surface area contributed by atoms with Crippen molar-refractivity contribution in [3.8, 4) is 0 Å². The second kappa shape index (κ2) is 4.46. The smallest absolute Gasteiger partial charge is 0.113 e. The van der Waals surface area contributed by atoms with E-state index in [0.717, 1.165) is 23.8 Å². The summed E-state index contributed by atoms with van der Waals surface area (Å²) in [5.74, 6) is 1.34. The van der Waals surface area contributed by atoms with Gasteiger partial charge in [0.05, 0.1) is 11.2 Å². The van der Waals surface area contributed by atoms with Crippen LogP contribution in [0.1, 0.15) is 63.1 Å². The monoisotopic (exact) mass is 238 g/mol. The fraction of sp³-hybridized carbons (Fsp3) is 0.769. The van der Waals surface area contributed by atoms with E-state index in [0.29, 0.717) is 5.92 Å². The van der Waals surface area contributed by atoms with Crippen LogP contribution in [0, 0.1) is 5.92 Å². The Morgan fingerprint density at radius 2 is 2.06 bits per heavy atom. The van der Waals surface area contributed by atoms with E-state index in [1.54, 1.807) is 11.3 Å². The van der Waals surface area contributed by atoms with Gasteiger partial charge in [-0.2, -0.15) is 0 Å². The molecule has 1 saturated carbocycles. The minimum atomic E-state index is -0.135. The average molecular weight is 238 g/mol. The molecule has 1 aliphatic rings. The van der Waals surface area contributed by atoms with Gasteiger partial charge in [0, 0.05) is 5.38 Å². The summed E-state index contributed by atoms with van der Waals surface area (Å²) in [5.41, 5.74) is 7.57. The molecule has 0 spiro atoms. The molecule has 1 aromatic rings. The Bertz CT molecular complexity index is 349. The van der Waals surface area contributed by atoms with E-state index in [1.165, 1.54) is 18.5 Å². The van der Waals surface area contributed by atoms with Gasteiger partial charge in [0.2, 0.25) is 0 Å². The van der Waals surface area contributed by atoms with Gasteiger partial charge in [-0.25, -0.2) is 4.98 Å². The molecule has 0 aromatic carbocycles. The van der Waals surface area contributed by atoms with Gasteiger partial charge in [-0.05, 0) is 37.5 Å². The molecule has 0 bridgehead atoms. The number of rotatable bonds is 2. The zero-order valence-electron chi connectivity index (χ0n) is 10.5. The third-order valence-corrected chi connectivity index (χ3v) is 4.79. The molecule has 0 atom stereocenters. The van der Waals surface area contributed by atoms with Crippen LogP contribution in [0.15, 0.2) is 5.38 Å². The maximum Gasteiger partial charge on any atom is 0.113 e. The molecule has 3 heteroatoms. The average Bonchev–Trinajstić information content (AvgIpc) is 2.72. The number of hydrogen-bond donors (Lipinski definition) is 1. The Morgan fingerprint density at radius 3 is 2.56 bits per heavy atom. The number of hydrogen-bond acceptors (Lipinski definition) is 3. The highest BCUT2D eigenvalue weighted by Gasteiger charge is 2.34.